The summed E-state index contributed by atoms with van der Waals surface area (Å²) in [4.78, 5) is 3.81. The predicted molar refractivity (Wildman–Crippen MR) is 120 cm³/mol. The average molecular weight is 490 g/mol. The molecule has 0 aliphatic rings. The zero-order valence-electron chi connectivity index (χ0n) is 17.8. The number of pyridine rings is 1. The molecule has 0 saturated heterocycles. The normalized spacial score (nSPS) is 12.0. The SMILES string of the molecule is C[n+]1ccc(NC(=NCc2ccc(NS(=O)(=O)c3cccc(C(F)(F)F)c3)cc2)NC#N)cc1. The predicted octanol–water partition coefficient (Wildman–Crippen LogP) is 3.37. The summed E-state index contributed by atoms with van der Waals surface area (Å²) in [5.74, 6) is 0.227. The molecule has 0 spiro atoms. The molecule has 0 radical (unpaired) electrons. The van der Waals surface area contributed by atoms with E-state index in [4.69, 9.17) is 5.26 Å². The maximum atomic E-state index is 12.9. The van der Waals surface area contributed by atoms with Gasteiger partial charge in [0.1, 0.15) is 7.05 Å². The van der Waals surface area contributed by atoms with Crippen LogP contribution in [0.3, 0.4) is 0 Å². The first-order valence-electron chi connectivity index (χ1n) is 9.78. The van der Waals surface area contributed by atoms with Gasteiger partial charge in [0.2, 0.25) is 5.96 Å². The van der Waals surface area contributed by atoms with E-state index in [1.54, 1.807) is 30.5 Å². The van der Waals surface area contributed by atoms with Gasteiger partial charge in [0, 0.05) is 17.8 Å². The Balaban J connectivity index is 1.69. The van der Waals surface area contributed by atoms with Gasteiger partial charge in [-0.05, 0) is 35.9 Å². The number of anilines is 2. The van der Waals surface area contributed by atoms with E-state index in [1.807, 2.05) is 24.0 Å². The number of aryl methyl sites for hydroxylation is 1. The van der Waals surface area contributed by atoms with E-state index in [9.17, 15) is 21.6 Å². The summed E-state index contributed by atoms with van der Waals surface area (Å²) in [7, 11) is -2.34. The fraction of sp³-hybridized carbons (Fsp3) is 0.136. The van der Waals surface area contributed by atoms with Crippen molar-refractivity contribution in [3.05, 3.63) is 84.2 Å². The van der Waals surface area contributed by atoms with Gasteiger partial charge in [0.25, 0.3) is 10.0 Å². The number of guanidine groups is 1. The van der Waals surface area contributed by atoms with Gasteiger partial charge >= 0.3 is 6.18 Å². The molecule has 3 rings (SSSR count). The highest BCUT2D eigenvalue weighted by Gasteiger charge is 2.31. The molecule has 0 saturated carbocycles. The molecule has 0 amide bonds. The van der Waals surface area contributed by atoms with Crippen molar-refractivity contribution < 1.29 is 26.2 Å². The van der Waals surface area contributed by atoms with Crippen molar-refractivity contribution in [2.75, 3.05) is 10.0 Å². The number of nitrogens with one attached hydrogen (secondary N) is 3. The molecule has 8 nitrogen and oxygen atoms in total. The number of nitrogens with zero attached hydrogens (tertiary/aromatic N) is 3. The van der Waals surface area contributed by atoms with E-state index in [0.717, 1.165) is 23.9 Å². The van der Waals surface area contributed by atoms with Crippen LogP contribution in [0, 0.1) is 11.5 Å². The molecular weight excluding hydrogens is 469 g/mol. The van der Waals surface area contributed by atoms with Gasteiger partial charge in [-0.25, -0.2) is 18.0 Å². The van der Waals surface area contributed by atoms with Gasteiger partial charge < -0.3 is 5.32 Å². The number of halogens is 3. The number of hydrogen-bond acceptors (Lipinski definition) is 4. The zero-order valence-corrected chi connectivity index (χ0v) is 18.7. The smallest absolute Gasteiger partial charge is 0.325 e. The standard InChI is InChI=1S/C22H19F3N6O2S/c1-31-11-9-18(10-12-31)29-21(28-15-26)27-14-16-5-7-19(8-6-16)30-34(32,33)20-4-2-3-17(13-20)22(23,24)25/h2-13,30H,14H2,1H3,(H,27,28)/p+1. The van der Waals surface area contributed by atoms with E-state index in [2.05, 4.69) is 20.3 Å². The lowest BCUT2D eigenvalue weighted by Gasteiger charge is -2.11. The minimum atomic E-state index is -4.65. The van der Waals surface area contributed by atoms with Crippen LogP contribution >= 0.6 is 0 Å². The van der Waals surface area contributed by atoms with Crippen LogP contribution < -0.4 is 19.9 Å². The summed E-state index contributed by atoms with van der Waals surface area (Å²) in [6.45, 7) is 0.179. The summed E-state index contributed by atoms with van der Waals surface area (Å²) in [6.07, 6.45) is 0.801. The number of hydrogen-bond donors (Lipinski definition) is 3. The van der Waals surface area contributed by atoms with Crippen molar-refractivity contribution in [1.29, 1.82) is 5.26 Å². The Morgan fingerprint density at radius 2 is 1.74 bits per heavy atom. The monoisotopic (exact) mass is 489 g/mol. The van der Waals surface area contributed by atoms with Crippen molar-refractivity contribution >= 4 is 27.4 Å². The molecule has 1 aromatic heterocycles. The van der Waals surface area contributed by atoms with Gasteiger partial charge in [-0.15, -0.1) is 0 Å². The molecule has 1 heterocycles. The summed E-state index contributed by atoms with van der Waals surface area (Å²) < 4.78 is 67.8. The summed E-state index contributed by atoms with van der Waals surface area (Å²) in [6, 6.07) is 13.3. The molecule has 3 N–H and O–H groups in total. The quantitative estimate of drug-likeness (QED) is 0.162. The van der Waals surface area contributed by atoms with Crippen molar-refractivity contribution in [3.63, 3.8) is 0 Å². The molecule has 2 aromatic carbocycles. The molecule has 0 aliphatic heterocycles. The van der Waals surface area contributed by atoms with E-state index >= 15 is 0 Å². The number of sulfonamides is 1. The third-order valence-electron chi connectivity index (χ3n) is 4.51. The maximum Gasteiger partial charge on any atom is 0.416 e. The Morgan fingerprint density at radius 1 is 1.06 bits per heavy atom. The first-order chi connectivity index (χ1) is 16.1. The van der Waals surface area contributed by atoms with Gasteiger partial charge in [0.15, 0.2) is 18.6 Å². The van der Waals surface area contributed by atoms with E-state index in [1.165, 1.54) is 12.1 Å². The highest BCUT2D eigenvalue weighted by atomic mass is 32.2. The number of aliphatic imine (C=N–C) groups is 1. The van der Waals surface area contributed by atoms with Crippen LogP contribution in [0.4, 0.5) is 24.5 Å². The highest BCUT2D eigenvalue weighted by molar-refractivity contribution is 7.92. The van der Waals surface area contributed by atoms with Gasteiger partial charge in [0.05, 0.1) is 22.7 Å². The lowest BCUT2D eigenvalue weighted by molar-refractivity contribution is -0.671. The molecule has 0 fully saturated rings. The van der Waals surface area contributed by atoms with Crippen molar-refractivity contribution in [1.82, 2.24) is 5.32 Å². The first kappa shape index (κ1) is 24.5. The Bertz CT molecular complexity index is 1320. The second-order valence-electron chi connectivity index (χ2n) is 7.11. The second-order valence-corrected chi connectivity index (χ2v) is 8.79. The van der Waals surface area contributed by atoms with Gasteiger partial charge in [-0.1, -0.05) is 18.2 Å². The second kappa shape index (κ2) is 10.2. The maximum absolute atomic E-state index is 12.9. The topological polar surface area (TPSA) is 110 Å². The van der Waals surface area contributed by atoms with Gasteiger partial charge in [-0.2, -0.15) is 18.4 Å². The number of rotatable bonds is 6. The third-order valence-corrected chi connectivity index (χ3v) is 5.89. The zero-order chi connectivity index (χ0) is 24.8. The molecule has 0 bridgehead atoms. The van der Waals surface area contributed by atoms with Crippen molar-refractivity contribution in [2.24, 2.45) is 12.0 Å². The molecule has 3 aromatic rings. The van der Waals surface area contributed by atoms with Crippen LogP contribution in [0.25, 0.3) is 0 Å². The molecule has 12 heteroatoms. The molecule has 0 unspecified atom stereocenters. The largest absolute Gasteiger partial charge is 0.416 e. The number of alkyl halides is 3. The van der Waals surface area contributed by atoms with E-state index in [-0.39, 0.29) is 18.2 Å². The van der Waals surface area contributed by atoms with Crippen LogP contribution in [-0.4, -0.2) is 14.4 Å². The fourth-order valence-corrected chi connectivity index (χ4v) is 3.89. The summed E-state index contributed by atoms with van der Waals surface area (Å²) in [5, 5.41) is 14.4. The summed E-state index contributed by atoms with van der Waals surface area (Å²) in [5.41, 5.74) is 0.554. The van der Waals surface area contributed by atoms with E-state index in [0.29, 0.717) is 11.6 Å². The van der Waals surface area contributed by atoms with Gasteiger partial charge in [-0.3, -0.25) is 10.0 Å². The molecular formula is C22H20F3N6O2S+. The average Bonchev–Trinajstić information content (AvgIpc) is 2.79. The Morgan fingerprint density at radius 3 is 2.35 bits per heavy atom. The Hall–Kier alpha value is -4.11. The fourth-order valence-electron chi connectivity index (χ4n) is 2.79. The number of nitriles is 1. The molecule has 34 heavy (non-hydrogen) atoms. The molecule has 0 aliphatic carbocycles. The van der Waals surface area contributed by atoms with Crippen LogP contribution in [0.2, 0.25) is 0 Å². The minimum Gasteiger partial charge on any atom is -0.325 e. The van der Waals surface area contributed by atoms with Crippen LogP contribution in [0.15, 0.2) is 82.9 Å². The number of aromatic nitrogens is 1. The first-order valence-corrected chi connectivity index (χ1v) is 11.3. The highest BCUT2D eigenvalue weighted by Crippen LogP contribution is 2.30. The van der Waals surface area contributed by atoms with Crippen LogP contribution in [0.5, 0.6) is 0 Å². The van der Waals surface area contributed by atoms with Crippen LogP contribution in [0.1, 0.15) is 11.1 Å². The third kappa shape index (κ3) is 6.69. The number of benzene rings is 2. The van der Waals surface area contributed by atoms with Crippen molar-refractivity contribution in [2.45, 2.75) is 17.6 Å². The lowest BCUT2D eigenvalue weighted by atomic mass is 10.2. The lowest BCUT2D eigenvalue weighted by Crippen LogP contribution is -2.29. The van der Waals surface area contributed by atoms with Crippen molar-refractivity contribution in [3.8, 4) is 6.19 Å². The minimum absolute atomic E-state index is 0.177. The molecule has 0 atom stereocenters. The van der Waals surface area contributed by atoms with Crippen LogP contribution in [-0.2, 0) is 29.8 Å². The summed E-state index contributed by atoms with van der Waals surface area (Å²) >= 11 is 0. The Labute approximate surface area is 194 Å². The van der Waals surface area contributed by atoms with E-state index < -0.39 is 26.7 Å². The Kier molecular flexibility index (Phi) is 7.37. The molecule has 176 valence electrons.